The lowest BCUT2D eigenvalue weighted by Gasteiger charge is -2.36. The van der Waals surface area contributed by atoms with Crippen LogP contribution in [0.5, 0.6) is 0 Å². The average Bonchev–Trinajstić information content (AvgIpc) is 2.56. The molecule has 3 nitrogen and oxygen atoms in total. The van der Waals surface area contributed by atoms with E-state index in [4.69, 9.17) is 0 Å². The number of hydrogen-bond acceptors (Lipinski definition) is 2. The van der Waals surface area contributed by atoms with Gasteiger partial charge in [-0.3, -0.25) is 4.79 Å². The minimum atomic E-state index is -0.683. The van der Waals surface area contributed by atoms with Gasteiger partial charge >= 0.3 is 0 Å². The maximum atomic E-state index is 13.7. The molecule has 1 aliphatic rings. The summed E-state index contributed by atoms with van der Waals surface area (Å²) in [6.07, 6.45) is 0. The third kappa shape index (κ3) is 3.33. The van der Waals surface area contributed by atoms with Gasteiger partial charge in [0.2, 0.25) is 0 Å². The molecule has 1 fully saturated rings. The second kappa shape index (κ2) is 6.36. The molecule has 2 aromatic carbocycles. The third-order valence-corrected chi connectivity index (χ3v) is 4.09. The molecule has 0 bridgehead atoms. The number of anilines is 1. The zero-order valence-electron chi connectivity index (χ0n) is 12.9. The van der Waals surface area contributed by atoms with Crippen molar-refractivity contribution < 1.29 is 13.6 Å². The molecular weight excluding hydrogens is 298 g/mol. The summed E-state index contributed by atoms with van der Waals surface area (Å²) in [7, 11) is 0. The van der Waals surface area contributed by atoms with Crippen LogP contribution < -0.4 is 4.90 Å². The van der Waals surface area contributed by atoms with Gasteiger partial charge in [0.1, 0.15) is 11.6 Å². The number of carbonyl (C=O) groups is 1. The molecule has 0 radical (unpaired) electrons. The number of carbonyl (C=O) groups excluding carboxylic acids is 1. The summed E-state index contributed by atoms with van der Waals surface area (Å²) < 4.78 is 27.0. The van der Waals surface area contributed by atoms with E-state index >= 15 is 0 Å². The van der Waals surface area contributed by atoms with Crippen LogP contribution in [0.2, 0.25) is 0 Å². The average molecular weight is 316 g/mol. The minimum absolute atomic E-state index is 0.200. The fourth-order valence-electron chi connectivity index (χ4n) is 2.82. The van der Waals surface area contributed by atoms with E-state index in [1.807, 2.05) is 25.1 Å². The lowest BCUT2D eigenvalue weighted by atomic mass is 10.1. The van der Waals surface area contributed by atoms with E-state index in [1.54, 1.807) is 4.90 Å². The predicted octanol–water partition coefficient (Wildman–Crippen LogP) is 3.24. The Labute approximate surface area is 134 Å². The van der Waals surface area contributed by atoms with Crippen molar-refractivity contribution in [1.29, 1.82) is 0 Å². The van der Waals surface area contributed by atoms with Crippen molar-refractivity contribution in [3.05, 3.63) is 65.2 Å². The summed E-state index contributed by atoms with van der Waals surface area (Å²) in [6, 6.07) is 11.2. The van der Waals surface area contributed by atoms with Crippen molar-refractivity contribution in [2.45, 2.75) is 6.92 Å². The molecule has 0 aliphatic carbocycles. The van der Waals surface area contributed by atoms with Crippen LogP contribution in [0, 0.1) is 18.6 Å². The number of benzene rings is 2. The molecule has 1 heterocycles. The van der Waals surface area contributed by atoms with Crippen molar-refractivity contribution in [3.8, 4) is 0 Å². The van der Waals surface area contributed by atoms with Gasteiger partial charge in [0.05, 0.1) is 5.56 Å². The number of hydrogen-bond donors (Lipinski definition) is 0. The predicted molar refractivity (Wildman–Crippen MR) is 85.7 cm³/mol. The molecule has 3 rings (SSSR count). The number of nitrogens with zero attached hydrogens (tertiary/aromatic N) is 2. The number of rotatable bonds is 2. The van der Waals surface area contributed by atoms with Crippen LogP contribution in [0.1, 0.15) is 15.9 Å². The van der Waals surface area contributed by atoms with Crippen LogP contribution in [-0.2, 0) is 0 Å². The van der Waals surface area contributed by atoms with Crippen LogP contribution in [0.25, 0.3) is 0 Å². The molecule has 0 unspecified atom stereocenters. The van der Waals surface area contributed by atoms with Crippen molar-refractivity contribution in [2.24, 2.45) is 0 Å². The highest BCUT2D eigenvalue weighted by Gasteiger charge is 2.24. The van der Waals surface area contributed by atoms with Crippen LogP contribution in [0.3, 0.4) is 0 Å². The first kappa shape index (κ1) is 15.5. The zero-order valence-corrected chi connectivity index (χ0v) is 12.9. The van der Waals surface area contributed by atoms with Crippen LogP contribution >= 0.6 is 0 Å². The summed E-state index contributed by atoms with van der Waals surface area (Å²) >= 11 is 0. The van der Waals surface area contributed by atoms with Gasteiger partial charge < -0.3 is 9.80 Å². The fraction of sp³-hybridized carbons (Fsp3) is 0.278. The molecule has 1 amide bonds. The zero-order chi connectivity index (χ0) is 16.4. The topological polar surface area (TPSA) is 23.6 Å². The Morgan fingerprint density at radius 3 is 2.43 bits per heavy atom. The lowest BCUT2D eigenvalue weighted by molar-refractivity contribution is 0.0741. The quantitative estimate of drug-likeness (QED) is 0.849. The maximum absolute atomic E-state index is 13.7. The van der Waals surface area contributed by atoms with E-state index in [0.717, 1.165) is 23.9 Å². The first-order chi connectivity index (χ1) is 11.0. The molecule has 0 N–H and O–H groups in total. The Hall–Kier alpha value is -2.43. The Balaban J connectivity index is 1.69. The summed E-state index contributed by atoms with van der Waals surface area (Å²) in [5.74, 6) is -1.74. The van der Waals surface area contributed by atoms with E-state index in [1.165, 1.54) is 5.56 Å². The van der Waals surface area contributed by atoms with E-state index in [9.17, 15) is 13.6 Å². The fourth-order valence-corrected chi connectivity index (χ4v) is 2.82. The number of halogens is 2. The van der Waals surface area contributed by atoms with Gasteiger partial charge in [-0.1, -0.05) is 12.1 Å². The number of amides is 1. The van der Waals surface area contributed by atoms with Crippen molar-refractivity contribution in [3.63, 3.8) is 0 Å². The molecule has 1 aliphatic heterocycles. The van der Waals surface area contributed by atoms with Crippen LogP contribution in [0.15, 0.2) is 42.5 Å². The molecule has 1 saturated heterocycles. The van der Waals surface area contributed by atoms with Gasteiger partial charge in [-0.15, -0.1) is 0 Å². The Kier molecular flexibility index (Phi) is 4.28. The summed E-state index contributed by atoms with van der Waals surface area (Å²) in [5, 5.41) is 0. The molecule has 2 aromatic rings. The number of piperazine rings is 1. The second-order valence-corrected chi connectivity index (χ2v) is 5.74. The minimum Gasteiger partial charge on any atom is -0.368 e. The summed E-state index contributed by atoms with van der Waals surface area (Å²) in [5.41, 5.74) is 2.10. The highest BCUT2D eigenvalue weighted by molar-refractivity contribution is 5.94. The highest BCUT2D eigenvalue weighted by atomic mass is 19.1. The smallest absolute Gasteiger partial charge is 0.257 e. The molecule has 0 atom stereocenters. The third-order valence-electron chi connectivity index (χ3n) is 4.09. The largest absolute Gasteiger partial charge is 0.368 e. The highest BCUT2D eigenvalue weighted by Crippen LogP contribution is 2.19. The van der Waals surface area contributed by atoms with Crippen molar-refractivity contribution >= 4 is 11.6 Å². The van der Waals surface area contributed by atoms with Gasteiger partial charge in [-0.25, -0.2) is 8.78 Å². The van der Waals surface area contributed by atoms with E-state index in [2.05, 4.69) is 11.0 Å². The first-order valence-corrected chi connectivity index (χ1v) is 7.60. The van der Waals surface area contributed by atoms with Crippen LogP contribution in [0.4, 0.5) is 14.5 Å². The SMILES string of the molecule is Cc1cccc(N2CCN(C(=O)c3cc(F)ccc3F)CC2)c1. The van der Waals surface area contributed by atoms with E-state index in [-0.39, 0.29) is 5.56 Å². The van der Waals surface area contributed by atoms with Crippen molar-refractivity contribution in [2.75, 3.05) is 31.1 Å². The molecular formula is C18H18F2N2O. The van der Waals surface area contributed by atoms with Gasteiger partial charge in [-0.2, -0.15) is 0 Å². The van der Waals surface area contributed by atoms with Gasteiger partial charge in [-0.05, 0) is 42.8 Å². The van der Waals surface area contributed by atoms with Gasteiger partial charge in [0.25, 0.3) is 5.91 Å². The van der Waals surface area contributed by atoms with E-state index in [0.29, 0.717) is 26.2 Å². The van der Waals surface area contributed by atoms with Gasteiger partial charge in [0.15, 0.2) is 0 Å². The normalized spacial score (nSPS) is 14.9. The Bertz CT molecular complexity index is 725. The number of aryl methyl sites for hydroxylation is 1. The summed E-state index contributed by atoms with van der Waals surface area (Å²) in [6.45, 7) is 4.36. The molecule has 0 saturated carbocycles. The molecule has 5 heteroatoms. The lowest BCUT2D eigenvalue weighted by Crippen LogP contribution is -2.49. The van der Waals surface area contributed by atoms with E-state index < -0.39 is 17.5 Å². The molecule has 0 spiro atoms. The standard InChI is InChI=1S/C18H18F2N2O/c1-13-3-2-4-15(11-13)21-7-9-22(10-8-21)18(23)16-12-14(19)5-6-17(16)20/h2-6,11-12H,7-10H2,1H3. The van der Waals surface area contributed by atoms with Crippen LogP contribution in [-0.4, -0.2) is 37.0 Å². The molecule has 0 aromatic heterocycles. The Morgan fingerprint density at radius 1 is 1.00 bits per heavy atom. The second-order valence-electron chi connectivity index (χ2n) is 5.74. The van der Waals surface area contributed by atoms with Gasteiger partial charge in [0, 0.05) is 31.9 Å². The molecule has 120 valence electrons. The monoisotopic (exact) mass is 316 g/mol. The maximum Gasteiger partial charge on any atom is 0.257 e. The first-order valence-electron chi connectivity index (χ1n) is 7.60. The van der Waals surface area contributed by atoms with Crippen molar-refractivity contribution in [1.82, 2.24) is 4.90 Å². The Morgan fingerprint density at radius 2 is 1.74 bits per heavy atom. The molecule has 23 heavy (non-hydrogen) atoms. The summed E-state index contributed by atoms with van der Waals surface area (Å²) in [4.78, 5) is 16.1.